The Morgan fingerprint density at radius 1 is 1.20 bits per heavy atom. The summed E-state index contributed by atoms with van der Waals surface area (Å²) in [6.07, 6.45) is 5.25. The van der Waals surface area contributed by atoms with E-state index in [1.165, 1.54) is 16.7 Å². The van der Waals surface area contributed by atoms with E-state index in [9.17, 15) is 0 Å². The number of benzene rings is 1. The summed E-state index contributed by atoms with van der Waals surface area (Å²) in [6.45, 7) is 7.41. The van der Waals surface area contributed by atoms with Crippen molar-refractivity contribution < 1.29 is 0 Å². The van der Waals surface area contributed by atoms with Gasteiger partial charge in [0.15, 0.2) is 0 Å². The number of nitrogens with zero attached hydrogens (tertiary/aromatic N) is 2. The molecule has 0 fully saturated rings. The standard InChI is InChI=1S/C16H21N3S/c1-4-18-15(11-20-16-10-17-7-8-19-16)14-6-5-12(2)13(3)9-14/h5-10,15,18H,4,11H2,1-3H3. The fourth-order valence-electron chi connectivity index (χ4n) is 2.03. The lowest BCUT2D eigenvalue weighted by atomic mass is 10.0. The maximum Gasteiger partial charge on any atom is 0.114 e. The van der Waals surface area contributed by atoms with Crippen molar-refractivity contribution in [1.29, 1.82) is 0 Å². The summed E-state index contributed by atoms with van der Waals surface area (Å²) >= 11 is 1.74. The second-order valence-electron chi connectivity index (χ2n) is 4.81. The van der Waals surface area contributed by atoms with E-state index in [1.54, 1.807) is 24.2 Å². The van der Waals surface area contributed by atoms with Crippen LogP contribution in [0.1, 0.15) is 29.7 Å². The van der Waals surface area contributed by atoms with E-state index in [-0.39, 0.29) is 0 Å². The van der Waals surface area contributed by atoms with Gasteiger partial charge in [0.25, 0.3) is 0 Å². The molecule has 0 radical (unpaired) electrons. The van der Waals surface area contributed by atoms with Crippen molar-refractivity contribution in [3.8, 4) is 0 Å². The highest BCUT2D eigenvalue weighted by Gasteiger charge is 2.12. The van der Waals surface area contributed by atoms with Crippen LogP contribution in [0.25, 0.3) is 0 Å². The van der Waals surface area contributed by atoms with Gasteiger partial charge in [-0.1, -0.05) is 25.1 Å². The minimum absolute atomic E-state index is 0.339. The van der Waals surface area contributed by atoms with E-state index in [2.05, 4.69) is 54.3 Å². The van der Waals surface area contributed by atoms with Gasteiger partial charge in [-0.25, -0.2) is 4.98 Å². The zero-order valence-corrected chi connectivity index (χ0v) is 13.1. The van der Waals surface area contributed by atoms with Crippen molar-refractivity contribution in [1.82, 2.24) is 15.3 Å². The highest BCUT2D eigenvalue weighted by Crippen LogP contribution is 2.24. The number of thioether (sulfide) groups is 1. The van der Waals surface area contributed by atoms with E-state index >= 15 is 0 Å². The minimum atomic E-state index is 0.339. The number of nitrogens with one attached hydrogen (secondary N) is 1. The Balaban J connectivity index is 2.08. The van der Waals surface area contributed by atoms with E-state index < -0.39 is 0 Å². The van der Waals surface area contributed by atoms with Gasteiger partial charge in [0.1, 0.15) is 5.03 Å². The quantitative estimate of drug-likeness (QED) is 0.825. The second kappa shape index (κ2) is 7.41. The van der Waals surface area contributed by atoms with E-state index in [4.69, 9.17) is 0 Å². The molecule has 0 aliphatic heterocycles. The zero-order valence-electron chi connectivity index (χ0n) is 12.3. The van der Waals surface area contributed by atoms with Crippen molar-refractivity contribution in [3.05, 3.63) is 53.5 Å². The van der Waals surface area contributed by atoms with Crippen LogP contribution in [-0.2, 0) is 0 Å². The first-order valence-electron chi connectivity index (χ1n) is 6.90. The molecular weight excluding hydrogens is 266 g/mol. The van der Waals surface area contributed by atoms with Gasteiger partial charge in [-0.2, -0.15) is 0 Å². The third-order valence-corrected chi connectivity index (χ3v) is 4.33. The molecule has 2 rings (SSSR count). The molecule has 1 atom stereocenters. The van der Waals surface area contributed by atoms with Crippen molar-refractivity contribution in [2.75, 3.05) is 12.3 Å². The average Bonchev–Trinajstić information content (AvgIpc) is 2.47. The average molecular weight is 287 g/mol. The molecule has 106 valence electrons. The number of aryl methyl sites for hydroxylation is 2. The van der Waals surface area contributed by atoms with Crippen LogP contribution >= 0.6 is 11.8 Å². The Hall–Kier alpha value is -1.39. The molecule has 3 nitrogen and oxygen atoms in total. The van der Waals surface area contributed by atoms with Crippen LogP contribution in [0.2, 0.25) is 0 Å². The number of hydrogen-bond donors (Lipinski definition) is 1. The lowest BCUT2D eigenvalue weighted by Crippen LogP contribution is -2.23. The normalized spacial score (nSPS) is 12.3. The maximum absolute atomic E-state index is 4.31. The largest absolute Gasteiger partial charge is 0.309 e. The summed E-state index contributed by atoms with van der Waals surface area (Å²) in [5.41, 5.74) is 4.02. The van der Waals surface area contributed by atoms with Gasteiger partial charge in [0, 0.05) is 24.2 Å². The highest BCUT2D eigenvalue weighted by atomic mass is 32.2. The first kappa shape index (κ1) is 15.0. The van der Waals surface area contributed by atoms with Crippen LogP contribution in [-0.4, -0.2) is 22.3 Å². The van der Waals surface area contributed by atoms with E-state index in [0.29, 0.717) is 6.04 Å². The van der Waals surface area contributed by atoms with Crippen LogP contribution in [0.15, 0.2) is 41.8 Å². The predicted molar refractivity (Wildman–Crippen MR) is 85.1 cm³/mol. The molecule has 1 unspecified atom stereocenters. The van der Waals surface area contributed by atoms with Crippen LogP contribution in [0.5, 0.6) is 0 Å². The topological polar surface area (TPSA) is 37.8 Å². The fourth-order valence-corrected chi connectivity index (χ4v) is 2.95. The molecule has 0 bridgehead atoms. The zero-order chi connectivity index (χ0) is 14.4. The molecule has 0 spiro atoms. The van der Waals surface area contributed by atoms with E-state index in [0.717, 1.165) is 17.3 Å². The molecule has 1 heterocycles. The Labute approximate surface area is 125 Å². The summed E-state index contributed by atoms with van der Waals surface area (Å²) in [6, 6.07) is 7.03. The monoisotopic (exact) mass is 287 g/mol. The van der Waals surface area contributed by atoms with Crippen LogP contribution < -0.4 is 5.32 Å². The van der Waals surface area contributed by atoms with Crippen molar-refractivity contribution >= 4 is 11.8 Å². The summed E-state index contributed by atoms with van der Waals surface area (Å²) < 4.78 is 0. The number of hydrogen-bond acceptors (Lipinski definition) is 4. The van der Waals surface area contributed by atoms with Gasteiger partial charge >= 0.3 is 0 Å². The van der Waals surface area contributed by atoms with Gasteiger partial charge < -0.3 is 5.32 Å². The smallest absolute Gasteiger partial charge is 0.114 e. The first-order chi connectivity index (χ1) is 9.70. The summed E-state index contributed by atoms with van der Waals surface area (Å²) in [5, 5.41) is 4.52. The lowest BCUT2D eigenvalue weighted by molar-refractivity contribution is 0.605. The Bertz CT molecular complexity index is 543. The number of aromatic nitrogens is 2. The lowest BCUT2D eigenvalue weighted by Gasteiger charge is -2.19. The molecule has 1 aromatic heterocycles. The Morgan fingerprint density at radius 3 is 2.70 bits per heavy atom. The maximum atomic E-state index is 4.31. The molecule has 1 N–H and O–H groups in total. The summed E-state index contributed by atoms with van der Waals surface area (Å²) in [4.78, 5) is 8.41. The Kier molecular flexibility index (Phi) is 5.56. The van der Waals surface area contributed by atoms with Gasteiger partial charge in [0.05, 0.1) is 6.20 Å². The van der Waals surface area contributed by atoms with E-state index in [1.807, 2.05) is 6.20 Å². The van der Waals surface area contributed by atoms with Crippen molar-refractivity contribution in [2.24, 2.45) is 0 Å². The van der Waals surface area contributed by atoms with Gasteiger partial charge in [-0.05, 0) is 37.1 Å². The molecule has 2 aromatic rings. The summed E-state index contributed by atoms with van der Waals surface area (Å²) in [5.74, 6) is 0.953. The van der Waals surface area contributed by atoms with Crippen LogP contribution in [0.3, 0.4) is 0 Å². The third kappa shape index (κ3) is 4.05. The molecule has 1 aromatic carbocycles. The van der Waals surface area contributed by atoms with Crippen molar-refractivity contribution in [3.63, 3.8) is 0 Å². The van der Waals surface area contributed by atoms with Gasteiger partial charge in [-0.15, -0.1) is 11.8 Å². The van der Waals surface area contributed by atoms with Crippen molar-refractivity contribution in [2.45, 2.75) is 31.8 Å². The molecule has 0 saturated heterocycles. The second-order valence-corrected chi connectivity index (χ2v) is 5.85. The third-order valence-electron chi connectivity index (χ3n) is 3.32. The van der Waals surface area contributed by atoms with Gasteiger partial charge in [-0.3, -0.25) is 4.98 Å². The SMILES string of the molecule is CCNC(CSc1cnccn1)c1ccc(C)c(C)c1. The molecular formula is C16H21N3S. The molecule has 0 aliphatic rings. The van der Waals surface area contributed by atoms with Crippen LogP contribution in [0, 0.1) is 13.8 Å². The predicted octanol–water partition coefficient (Wildman–Crippen LogP) is 3.54. The molecule has 0 saturated carbocycles. The van der Waals surface area contributed by atoms with Gasteiger partial charge in [0.2, 0.25) is 0 Å². The molecule has 0 aliphatic carbocycles. The number of rotatable bonds is 6. The Morgan fingerprint density at radius 2 is 2.05 bits per heavy atom. The fraction of sp³-hybridized carbons (Fsp3) is 0.375. The molecule has 4 heteroatoms. The first-order valence-corrected chi connectivity index (χ1v) is 7.88. The van der Waals surface area contributed by atoms with Crippen LogP contribution in [0.4, 0.5) is 0 Å². The highest BCUT2D eigenvalue weighted by molar-refractivity contribution is 7.99. The summed E-state index contributed by atoms with van der Waals surface area (Å²) in [7, 11) is 0. The molecule has 20 heavy (non-hydrogen) atoms. The molecule has 0 amide bonds. The minimum Gasteiger partial charge on any atom is -0.309 e.